The normalized spacial score (nSPS) is 11.0. The molecule has 0 aliphatic rings. The summed E-state index contributed by atoms with van der Waals surface area (Å²) in [5.41, 5.74) is 11.4. The van der Waals surface area contributed by atoms with Crippen LogP contribution in [0.25, 0.3) is 0 Å². The Kier molecular flexibility index (Phi) is 4.96. The fourth-order valence-electron chi connectivity index (χ4n) is 3.11. The standard InChI is InChI=1S/C21H27BrO/c1-10-11(2)15(6)20(16(7)12(10)3)23-21-17(8)13(4)19(22)14(5)18(21)9/h1-9H3. The van der Waals surface area contributed by atoms with Crippen LogP contribution < -0.4 is 4.74 Å². The van der Waals surface area contributed by atoms with Crippen molar-refractivity contribution in [2.24, 2.45) is 0 Å². The molecule has 0 aliphatic heterocycles. The van der Waals surface area contributed by atoms with Crippen LogP contribution in [0, 0.1) is 62.3 Å². The predicted octanol–water partition coefficient (Wildman–Crippen LogP) is 7.02. The average molecular weight is 375 g/mol. The van der Waals surface area contributed by atoms with E-state index in [4.69, 9.17) is 4.74 Å². The van der Waals surface area contributed by atoms with Crippen molar-refractivity contribution in [2.45, 2.75) is 62.3 Å². The first-order valence-corrected chi connectivity index (χ1v) is 8.89. The zero-order valence-electron chi connectivity index (χ0n) is 15.8. The van der Waals surface area contributed by atoms with Crippen molar-refractivity contribution in [3.05, 3.63) is 54.5 Å². The Morgan fingerprint density at radius 2 is 0.696 bits per heavy atom. The molecule has 0 saturated carbocycles. The first-order valence-electron chi connectivity index (χ1n) is 8.10. The first kappa shape index (κ1) is 18.1. The topological polar surface area (TPSA) is 9.23 Å². The van der Waals surface area contributed by atoms with Crippen LogP contribution in [0.15, 0.2) is 4.47 Å². The summed E-state index contributed by atoms with van der Waals surface area (Å²) in [4.78, 5) is 0. The predicted molar refractivity (Wildman–Crippen MR) is 103 cm³/mol. The minimum atomic E-state index is 0.997. The third kappa shape index (κ3) is 2.82. The zero-order valence-corrected chi connectivity index (χ0v) is 17.4. The van der Waals surface area contributed by atoms with E-state index in [1.54, 1.807) is 0 Å². The Morgan fingerprint density at radius 3 is 1.04 bits per heavy atom. The molecule has 0 radical (unpaired) electrons. The molecule has 0 atom stereocenters. The Morgan fingerprint density at radius 1 is 0.435 bits per heavy atom. The van der Waals surface area contributed by atoms with Gasteiger partial charge in [0, 0.05) is 4.47 Å². The number of halogens is 1. The van der Waals surface area contributed by atoms with Crippen molar-refractivity contribution in [1.82, 2.24) is 0 Å². The van der Waals surface area contributed by atoms with E-state index in [1.165, 1.54) is 54.5 Å². The van der Waals surface area contributed by atoms with E-state index in [0.29, 0.717) is 0 Å². The first-order chi connectivity index (χ1) is 10.6. The van der Waals surface area contributed by atoms with Crippen molar-refractivity contribution >= 4 is 15.9 Å². The summed E-state index contributed by atoms with van der Waals surface area (Å²) in [5, 5.41) is 0. The molecular weight excluding hydrogens is 348 g/mol. The molecular formula is C21H27BrO. The Hall–Kier alpha value is -1.28. The molecule has 2 aromatic rings. The summed E-state index contributed by atoms with van der Waals surface area (Å²) >= 11 is 3.71. The fraction of sp³-hybridized carbons (Fsp3) is 0.429. The molecule has 0 saturated heterocycles. The summed E-state index contributed by atoms with van der Waals surface area (Å²) in [6.07, 6.45) is 0. The number of benzene rings is 2. The Labute approximate surface area is 149 Å². The van der Waals surface area contributed by atoms with Crippen LogP contribution in [-0.4, -0.2) is 0 Å². The van der Waals surface area contributed by atoms with Gasteiger partial charge in [-0.3, -0.25) is 0 Å². The molecule has 0 unspecified atom stereocenters. The highest BCUT2D eigenvalue weighted by atomic mass is 79.9. The lowest BCUT2D eigenvalue weighted by atomic mass is 9.93. The van der Waals surface area contributed by atoms with Gasteiger partial charge in [0.2, 0.25) is 0 Å². The second-order valence-corrected chi connectivity index (χ2v) is 7.49. The molecule has 0 fully saturated rings. The van der Waals surface area contributed by atoms with Gasteiger partial charge in [0.1, 0.15) is 11.5 Å². The SMILES string of the molecule is Cc1c(C)c(C)c(Oc2c(C)c(C)c(Br)c(C)c2C)c(C)c1C. The van der Waals surface area contributed by atoms with E-state index in [9.17, 15) is 0 Å². The van der Waals surface area contributed by atoms with Gasteiger partial charge in [-0.15, -0.1) is 0 Å². The van der Waals surface area contributed by atoms with Gasteiger partial charge in [0.25, 0.3) is 0 Å². The molecule has 2 aromatic carbocycles. The van der Waals surface area contributed by atoms with Gasteiger partial charge in [-0.25, -0.2) is 0 Å². The second kappa shape index (κ2) is 6.32. The molecule has 0 N–H and O–H groups in total. The van der Waals surface area contributed by atoms with Gasteiger partial charge in [0.15, 0.2) is 0 Å². The quantitative estimate of drug-likeness (QED) is 0.548. The molecule has 1 nitrogen and oxygen atoms in total. The summed E-state index contributed by atoms with van der Waals surface area (Å²) in [5.74, 6) is 2.01. The molecule has 0 amide bonds. The maximum Gasteiger partial charge on any atom is 0.133 e. The van der Waals surface area contributed by atoms with Crippen molar-refractivity contribution in [3.63, 3.8) is 0 Å². The maximum atomic E-state index is 6.51. The molecule has 0 aromatic heterocycles. The highest BCUT2D eigenvalue weighted by Crippen LogP contribution is 2.41. The van der Waals surface area contributed by atoms with Crippen LogP contribution in [0.3, 0.4) is 0 Å². The molecule has 0 bridgehead atoms. The summed E-state index contributed by atoms with van der Waals surface area (Å²) in [6.45, 7) is 19.4. The van der Waals surface area contributed by atoms with E-state index in [2.05, 4.69) is 78.2 Å². The van der Waals surface area contributed by atoms with E-state index in [-0.39, 0.29) is 0 Å². The van der Waals surface area contributed by atoms with Gasteiger partial charge in [-0.05, 0) is 112 Å². The highest BCUT2D eigenvalue weighted by Gasteiger charge is 2.19. The third-order valence-corrected chi connectivity index (χ3v) is 6.79. The second-order valence-electron chi connectivity index (χ2n) is 6.70. The fourth-order valence-corrected chi connectivity index (χ4v) is 3.70. The summed E-state index contributed by atoms with van der Waals surface area (Å²) in [6, 6.07) is 0. The van der Waals surface area contributed by atoms with Crippen LogP contribution in [-0.2, 0) is 0 Å². The number of ether oxygens (including phenoxy) is 1. The summed E-state index contributed by atoms with van der Waals surface area (Å²) in [7, 11) is 0. The third-order valence-electron chi connectivity index (χ3n) is 5.60. The van der Waals surface area contributed by atoms with Gasteiger partial charge in [0.05, 0.1) is 0 Å². The Bertz CT molecular complexity index is 675. The largest absolute Gasteiger partial charge is 0.456 e. The van der Waals surface area contributed by atoms with Crippen molar-refractivity contribution in [2.75, 3.05) is 0 Å². The zero-order chi connectivity index (χ0) is 17.6. The van der Waals surface area contributed by atoms with Crippen molar-refractivity contribution in [1.29, 1.82) is 0 Å². The number of rotatable bonds is 2. The minimum absolute atomic E-state index is 0.997. The number of hydrogen-bond acceptors (Lipinski definition) is 1. The molecule has 0 heterocycles. The van der Waals surface area contributed by atoms with Gasteiger partial charge >= 0.3 is 0 Å². The maximum absolute atomic E-state index is 6.51. The Balaban J connectivity index is 2.71. The molecule has 2 heteroatoms. The van der Waals surface area contributed by atoms with E-state index < -0.39 is 0 Å². The van der Waals surface area contributed by atoms with Crippen LogP contribution in [0.2, 0.25) is 0 Å². The molecule has 0 aliphatic carbocycles. The van der Waals surface area contributed by atoms with Crippen molar-refractivity contribution < 1.29 is 4.74 Å². The molecule has 2 rings (SSSR count). The molecule has 23 heavy (non-hydrogen) atoms. The minimum Gasteiger partial charge on any atom is -0.456 e. The molecule has 124 valence electrons. The van der Waals surface area contributed by atoms with Crippen LogP contribution in [0.5, 0.6) is 11.5 Å². The summed E-state index contributed by atoms with van der Waals surface area (Å²) < 4.78 is 7.70. The monoisotopic (exact) mass is 374 g/mol. The van der Waals surface area contributed by atoms with E-state index in [1.807, 2.05) is 0 Å². The van der Waals surface area contributed by atoms with Gasteiger partial charge in [-0.1, -0.05) is 15.9 Å². The average Bonchev–Trinajstić information content (AvgIpc) is 2.54. The molecule has 0 spiro atoms. The highest BCUT2D eigenvalue weighted by molar-refractivity contribution is 9.10. The van der Waals surface area contributed by atoms with Crippen molar-refractivity contribution in [3.8, 4) is 11.5 Å². The number of hydrogen-bond donors (Lipinski definition) is 0. The lowest BCUT2D eigenvalue weighted by molar-refractivity contribution is 0.465. The van der Waals surface area contributed by atoms with Gasteiger partial charge in [-0.2, -0.15) is 0 Å². The van der Waals surface area contributed by atoms with Crippen LogP contribution >= 0.6 is 15.9 Å². The van der Waals surface area contributed by atoms with Crippen LogP contribution in [0.1, 0.15) is 50.1 Å². The lowest BCUT2D eigenvalue weighted by Crippen LogP contribution is -2.03. The lowest BCUT2D eigenvalue weighted by Gasteiger charge is -2.23. The van der Waals surface area contributed by atoms with Gasteiger partial charge < -0.3 is 4.74 Å². The van der Waals surface area contributed by atoms with Crippen LogP contribution in [0.4, 0.5) is 0 Å². The van der Waals surface area contributed by atoms with E-state index in [0.717, 1.165) is 11.5 Å². The van der Waals surface area contributed by atoms with E-state index >= 15 is 0 Å². The smallest absolute Gasteiger partial charge is 0.133 e.